The van der Waals surface area contributed by atoms with Crippen molar-refractivity contribution in [2.45, 2.75) is 32.5 Å². The summed E-state index contributed by atoms with van der Waals surface area (Å²) in [4.78, 5) is 21.0. The van der Waals surface area contributed by atoms with Gasteiger partial charge in [0.1, 0.15) is 11.2 Å². The molecule has 9 heteroatoms. The molecular weight excluding hydrogens is 433 g/mol. The maximum absolute atomic E-state index is 12.7. The van der Waals surface area contributed by atoms with Crippen LogP contribution in [0.4, 0.5) is 18.9 Å². The molecule has 0 aliphatic carbocycles. The zero-order valence-corrected chi connectivity index (χ0v) is 18.1. The monoisotopic (exact) mass is 454 g/mol. The SMILES string of the molecule is Cc1c(C(C)(C)O)nc2ccc(NC(=O)c3ccc(-c4ccc(C(F)(F)F)cn4)cc3)cn12. The summed E-state index contributed by atoms with van der Waals surface area (Å²) in [7, 11) is 0. The van der Waals surface area contributed by atoms with Crippen molar-refractivity contribution in [3.8, 4) is 11.3 Å². The molecule has 0 aliphatic rings. The van der Waals surface area contributed by atoms with Gasteiger partial charge in [-0.25, -0.2) is 4.98 Å². The van der Waals surface area contributed by atoms with Crippen molar-refractivity contribution in [1.82, 2.24) is 14.4 Å². The molecule has 6 nitrogen and oxygen atoms in total. The molecule has 1 amide bonds. The normalized spacial score (nSPS) is 12.2. The molecule has 0 unspecified atom stereocenters. The number of carbonyl (C=O) groups excluding carboxylic acids is 1. The second-order valence-corrected chi connectivity index (χ2v) is 8.21. The minimum absolute atomic E-state index is 0.346. The van der Waals surface area contributed by atoms with Gasteiger partial charge in [-0.15, -0.1) is 0 Å². The Balaban J connectivity index is 1.52. The van der Waals surface area contributed by atoms with E-state index in [1.54, 1.807) is 60.8 Å². The van der Waals surface area contributed by atoms with Crippen LogP contribution >= 0.6 is 0 Å². The van der Waals surface area contributed by atoms with Crippen LogP contribution in [0.5, 0.6) is 0 Å². The molecule has 2 N–H and O–H groups in total. The predicted molar refractivity (Wildman–Crippen MR) is 118 cm³/mol. The van der Waals surface area contributed by atoms with Crippen LogP contribution in [0.2, 0.25) is 0 Å². The van der Waals surface area contributed by atoms with Gasteiger partial charge in [-0.2, -0.15) is 13.2 Å². The maximum atomic E-state index is 12.7. The predicted octanol–water partition coefficient (Wildman–Crippen LogP) is 5.20. The molecule has 0 saturated heterocycles. The summed E-state index contributed by atoms with van der Waals surface area (Å²) in [6, 6.07) is 12.1. The van der Waals surface area contributed by atoms with E-state index in [1.165, 1.54) is 6.07 Å². The number of nitrogens with one attached hydrogen (secondary N) is 1. The third kappa shape index (κ3) is 4.58. The van der Waals surface area contributed by atoms with Crippen LogP contribution in [0.15, 0.2) is 60.9 Å². The Morgan fingerprint density at radius 1 is 1.03 bits per heavy atom. The lowest BCUT2D eigenvalue weighted by molar-refractivity contribution is -0.137. The molecule has 3 aromatic heterocycles. The van der Waals surface area contributed by atoms with E-state index < -0.39 is 17.3 Å². The number of pyridine rings is 2. The fraction of sp³-hybridized carbons (Fsp3) is 0.208. The van der Waals surface area contributed by atoms with Crippen LogP contribution in [0.1, 0.15) is 41.2 Å². The molecule has 0 spiro atoms. The number of aliphatic hydroxyl groups is 1. The van der Waals surface area contributed by atoms with Gasteiger partial charge in [0.2, 0.25) is 0 Å². The minimum atomic E-state index is -4.44. The Hall–Kier alpha value is -3.72. The van der Waals surface area contributed by atoms with Gasteiger partial charge >= 0.3 is 6.18 Å². The summed E-state index contributed by atoms with van der Waals surface area (Å²) in [5, 5.41) is 13.1. The van der Waals surface area contributed by atoms with E-state index in [4.69, 9.17) is 0 Å². The minimum Gasteiger partial charge on any atom is -0.384 e. The lowest BCUT2D eigenvalue weighted by Gasteiger charge is -2.15. The van der Waals surface area contributed by atoms with Crippen molar-refractivity contribution in [3.05, 3.63) is 83.4 Å². The molecule has 0 aliphatic heterocycles. The van der Waals surface area contributed by atoms with Crippen LogP contribution in [0.3, 0.4) is 0 Å². The Bertz CT molecular complexity index is 1320. The van der Waals surface area contributed by atoms with Gasteiger partial charge in [-0.05, 0) is 57.2 Å². The van der Waals surface area contributed by atoms with Crippen LogP contribution in [0.25, 0.3) is 16.9 Å². The van der Waals surface area contributed by atoms with E-state index >= 15 is 0 Å². The average molecular weight is 454 g/mol. The van der Waals surface area contributed by atoms with Crippen LogP contribution in [-0.4, -0.2) is 25.4 Å². The number of fused-ring (bicyclic) bond motifs is 1. The summed E-state index contributed by atoms with van der Waals surface area (Å²) in [5.74, 6) is -0.346. The number of nitrogens with zero attached hydrogens (tertiary/aromatic N) is 3. The van der Waals surface area contributed by atoms with Crippen LogP contribution in [0, 0.1) is 6.92 Å². The number of carbonyl (C=O) groups is 1. The van der Waals surface area contributed by atoms with E-state index in [-0.39, 0.29) is 5.91 Å². The maximum Gasteiger partial charge on any atom is 0.417 e. The fourth-order valence-corrected chi connectivity index (χ4v) is 3.54. The van der Waals surface area contributed by atoms with E-state index in [1.807, 2.05) is 6.92 Å². The number of aromatic nitrogens is 3. The lowest BCUT2D eigenvalue weighted by Crippen LogP contribution is -2.17. The summed E-state index contributed by atoms with van der Waals surface area (Å²) in [6.45, 7) is 5.16. The van der Waals surface area contributed by atoms with Gasteiger partial charge < -0.3 is 14.8 Å². The number of amides is 1. The highest BCUT2D eigenvalue weighted by Crippen LogP contribution is 2.30. The van der Waals surface area contributed by atoms with E-state index in [0.717, 1.165) is 18.0 Å². The number of hydrogen-bond donors (Lipinski definition) is 2. The van der Waals surface area contributed by atoms with Crippen molar-refractivity contribution >= 4 is 17.2 Å². The summed E-state index contributed by atoms with van der Waals surface area (Å²) in [6.07, 6.45) is -1.93. The zero-order chi connectivity index (χ0) is 24.0. The second kappa shape index (κ2) is 8.00. The third-order valence-corrected chi connectivity index (χ3v) is 5.23. The quantitative estimate of drug-likeness (QED) is 0.444. The number of rotatable bonds is 4. The van der Waals surface area contributed by atoms with Crippen molar-refractivity contribution in [3.63, 3.8) is 0 Å². The molecule has 0 fully saturated rings. The van der Waals surface area contributed by atoms with Crippen LogP contribution < -0.4 is 5.32 Å². The zero-order valence-electron chi connectivity index (χ0n) is 18.1. The summed E-state index contributed by atoms with van der Waals surface area (Å²) >= 11 is 0. The standard InChI is InChI=1S/C24H21F3N4O2/c1-14-21(23(2,3)33)30-20-11-9-18(13-31(14)20)29-22(32)16-6-4-15(5-7-16)19-10-8-17(12-28-19)24(25,26)27/h4-13,33H,1-3H3,(H,29,32). The highest BCUT2D eigenvalue weighted by molar-refractivity contribution is 6.04. The molecule has 0 atom stereocenters. The molecule has 0 radical (unpaired) electrons. The summed E-state index contributed by atoms with van der Waals surface area (Å²) < 4.78 is 39.9. The number of halogens is 3. The number of imidazole rings is 1. The average Bonchev–Trinajstić information content (AvgIpc) is 3.10. The molecule has 3 heterocycles. The number of aryl methyl sites for hydroxylation is 1. The van der Waals surface area contributed by atoms with Crippen LogP contribution in [-0.2, 0) is 11.8 Å². The number of benzene rings is 1. The van der Waals surface area contributed by atoms with Crippen molar-refractivity contribution in [1.29, 1.82) is 0 Å². The van der Waals surface area contributed by atoms with E-state index in [2.05, 4.69) is 15.3 Å². The Kier molecular flexibility index (Phi) is 5.45. The number of hydrogen-bond acceptors (Lipinski definition) is 4. The number of alkyl halides is 3. The molecule has 0 bridgehead atoms. The molecule has 4 aromatic rings. The van der Waals surface area contributed by atoms with Crippen molar-refractivity contribution in [2.75, 3.05) is 5.32 Å². The molecule has 1 aromatic carbocycles. The number of anilines is 1. The summed E-state index contributed by atoms with van der Waals surface area (Å²) in [5.41, 5.74) is 1.95. The molecule has 0 saturated carbocycles. The first kappa shape index (κ1) is 22.5. The lowest BCUT2D eigenvalue weighted by atomic mass is 10.0. The second-order valence-electron chi connectivity index (χ2n) is 8.21. The van der Waals surface area contributed by atoms with Crippen molar-refractivity contribution in [2.24, 2.45) is 0 Å². The Labute approximate surface area is 187 Å². The van der Waals surface area contributed by atoms with Gasteiger partial charge in [-0.3, -0.25) is 9.78 Å². The molecule has 4 rings (SSSR count). The first-order valence-electron chi connectivity index (χ1n) is 10.1. The largest absolute Gasteiger partial charge is 0.417 e. The Morgan fingerprint density at radius 3 is 2.30 bits per heavy atom. The highest BCUT2D eigenvalue weighted by Gasteiger charge is 2.30. The smallest absolute Gasteiger partial charge is 0.384 e. The molecular formula is C24H21F3N4O2. The first-order chi connectivity index (χ1) is 15.4. The van der Waals surface area contributed by atoms with Crippen molar-refractivity contribution < 1.29 is 23.1 Å². The van der Waals surface area contributed by atoms with Gasteiger partial charge in [0.25, 0.3) is 5.91 Å². The Morgan fingerprint density at radius 2 is 1.73 bits per heavy atom. The van der Waals surface area contributed by atoms with Gasteiger partial charge in [-0.1, -0.05) is 12.1 Å². The van der Waals surface area contributed by atoms with E-state index in [0.29, 0.717) is 33.8 Å². The topological polar surface area (TPSA) is 79.5 Å². The van der Waals surface area contributed by atoms with Gasteiger partial charge in [0, 0.05) is 29.2 Å². The molecule has 33 heavy (non-hydrogen) atoms. The first-order valence-corrected chi connectivity index (χ1v) is 10.1. The third-order valence-electron chi connectivity index (χ3n) is 5.23. The van der Waals surface area contributed by atoms with E-state index in [9.17, 15) is 23.1 Å². The van der Waals surface area contributed by atoms with Gasteiger partial charge in [0.15, 0.2) is 0 Å². The fourth-order valence-electron chi connectivity index (χ4n) is 3.54. The highest BCUT2D eigenvalue weighted by atomic mass is 19.4. The molecule has 170 valence electrons. The van der Waals surface area contributed by atoms with Gasteiger partial charge in [0.05, 0.1) is 22.6 Å².